The third kappa shape index (κ3) is 7.62. The number of likely N-dealkylation sites (tertiary alicyclic amines) is 1. The highest BCUT2D eigenvalue weighted by Gasteiger charge is 2.23. The van der Waals surface area contributed by atoms with Gasteiger partial charge in [-0.3, -0.25) is 4.99 Å². The number of piperidine rings is 1. The number of hydrogen-bond donors (Lipinski definition) is 2. The Kier molecular flexibility index (Phi) is 9.37. The summed E-state index contributed by atoms with van der Waals surface area (Å²) >= 11 is 0. The highest BCUT2D eigenvalue weighted by Crippen LogP contribution is 2.12. The number of hydrogen-bond acceptors (Lipinski definition) is 4. The van der Waals surface area contributed by atoms with Gasteiger partial charge in [0.2, 0.25) is 0 Å². The molecule has 0 spiro atoms. The molecule has 0 radical (unpaired) electrons. The van der Waals surface area contributed by atoms with Gasteiger partial charge in [-0.15, -0.1) is 0 Å². The van der Waals surface area contributed by atoms with Gasteiger partial charge in [0.1, 0.15) is 11.6 Å². The number of guanidine groups is 1. The first kappa shape index (κ1) is 21.8. The molecule has 0 aromatic heterocycles. The van der Waals surface area contributed by atoms with E-state index in [0.29, 0.717) is 38.1 Å². The number of rotatable bonds is 8. The summed E-state index contributed by atoms with van der Waals surface area (Å²) < 4.78 is 23.5. The lowest BCUT2D eigenvalue weighted by molar-refractivity contribution is 0.0963. The lowest BCUT2D eigenvalue weighted by atomic mass is 10.1. The van der Waals surface area contributed by atoms with Crippen molar-refractivity contribution in [2.24, 2.45) is 4.99 Å². The number of unbranched alkanes of at least 4 members (excludes halogenated alkanes) is 1. The molecule has 0 bridgehead atoms. The van der Waals surface area contributed by atoms with Gasteiger partial charge in [0, 0.05) is 32.7 Å². The quantitative estimate of drug-likeness (QED) is 0.403. The molecule has 0 unspecified atom stereocenters. The number of carbonyl (C=O) groups is 1. The molecule has 0 saturated carbocycles. The molecular weight excluding hydrogens is 363 g/mol. The number of nitrogens with zero attached hydrogens (tertiary/aromatic N) is 2. The van der Waals surface area contributed by atoms with Crippen LogP contribution in [-0.4, -0.2) is 62.9 Å². The summed E-state index contributed by atoms with van der Waals surface area (Å²) in [5.74, 6) is 1.19. The van der Waals surface area contributed by atoms with E-state index < -0.39 is 0 Å². The first-order chi connectivity index (χ1) is 13.6. The van der Waals surface area contributed by atoms with Crippen molar-refractivity contribution < 1.29 is 18.7 Å². The van der Waals surface area contributed by atoms with Crippen LogP contribution in [0.1, 0.15) is 32.6 Å². The fraction of sp³-hybridized carbons (Fsp3) is 0.600. The van der Waals surface area contributed by atoms with Gasteiger partial charge in [0.25, 0.3) is 0 Å². The highest BCUT2D eigenvalue weighted by molar-refractivity contribution is 5.80. The minimum atomic E-state index is -0.262. The van der Waals surface area contributed by atoms with Crippen molar-refractivity contribution in [2.45, 2.75) is 38.6 Å². The monoisotopic (exact) mass is 394 g/mol. The maximum Gasteiger partial charge on any atom is 0.409 e. The van der Waals surface area contributed by atoms with Gasteiger partial charge in [-0.1, -0.05) is 0 Å². The van der Waals surface area contributed by atoms with E-state index >= 15 is 0 Å². The molecule has 1 aliphatic heterocycles. The summed E-state index contributed by atoms with van der Waals surface area (Å²) in [6.45, 7) is 4.97. The van der Waals surface area contributed by atoms with Crippen molar-refractivity contribution in [3.8, 4) is 5.75 Å². The van der Waals surface area contributed by atoms with E-state index in [4.69, 9.17) is 9.47 Å². The molecule has 1 aromatic carbocycles. The van der Waals surface area contributed by atoms with Gasteiger partial charge in [-0.05, 0) is 56.9 Å². The molecule has 2 N–H and O–H groups in total. The Bertz CT molecular complexity index is 616. The van der Waals surface area contributed by atoms with Crippen molar-refractivity contribution in [3.05, 3.63) is 30.1 Å². The van der Waals surface area contributed by atoms with Crippen LogP contribution in [0.4, 0.5) is 9.18 Å². The zero-order chi connectivity index (χ0) is 20.2. The fourth-order valence-corrected chi connectivity index (χ4v) is 2.96. The Morgan fingerprint density at radius 2 is 1.96 bits per heavy atom. The topological polar surface area (TPSA) is 75.2 Å². The van der Waals surface area contributed by atoms with Gasteiger partial charge in [0.15, 0.2) is 5.96 Å². The summed E-state index contributed by atoms with van der Waals surface area (Å²) in [4.78, 5) is 17.7. The minimum absolute atomic E-state index is 0.230. The molecule has 1 saturated heterocycles. The van der Waals surface area contributed by atoms with Gasteiger partial charge in [0.05, 0.1) is 13.2 Å². The molecule has 0 aliphatic carbocycles. The van der Waals surface area contributed by atoms with E-state index in [1.165, 1.54) is 12.1 Å². The molecular formula is C20H31FN4O3. The number of carbonyl (C=O) groups excluding carboxylic acids is 1. The van der Waals surface area contributed by atoms with Gasteiger partial charge < -0.3 is 25.0 Å². The zero-order valence-corrected chi connectivity index (χ0v) is 16.7. The smallest absolute Gasteiger partial charge is 0.409 e. The van der Waals surface area contributed by atoms with E-state index in [-0.39, 0.29) is 11.9 Å². The van der Waals surface area contributed by atoms with E-state index in [1.807, 2.05) is 6.92 Å². The molecule has 7 nitrogen and oxygen atoms in total. The predicted molar refractivity (Wildman–Crippen MR) is 107 cm³/mol. The highest BCUT2D eigenvalue weighted by atomic mass is 19.1. The maximum absolute atomic E-state index is 12.8. The number of aliphatic imine (C=N–C) groups is 1. The fourth-order valence-electron chi connectivity index (χ4n) is 2.96. The average molecular weight is 394 g/mol. The largest absolute Gasteiger partial charge is 0.494 e. The number of benzene rings is 1. The summed E-state index contributed by atoms with van der Waals surface area (Å²) in [5, 5.41) is 6.72. The van der Waals surface area contributed by atoms with Crippen molar-refractivity contribution in [1.29, 1.82) is 0 Å². The molecule has 1 aromatic rings. The third-order valence-electron chi connectivity index (χ3n) is 4.53. The summed E-state index contributed by atoms with van der Waals surface area (Å²) in [7, 11) is 1.75. The van der Waals surface area contributed by atoms with Crippen molar-refractivity contribution in [1.82, 2.24) is 15.5 Å². The first-order valence-corrected chi connectivity index (χ1v) is 9.89. The first-order valence-electron chi connectivity index (χ1n) is 9.89. The lowest BCUT2D eigenvalue weighted by Gasteiger charge is -2.32. The van der Waals surface area contributed by atoms with Crippen LogP contribution in [0.25, 0.3) is 0 Å². The number of ether oxygens (including phenoxy) is 2. The van der Waals surface area contributed by atoms with Gasteiger partial charge in [-0.2, -0.15) is 0 Å². The van der Waals surface area contributed by atoms with E-state index in [2.05, 4.69) is 15.6 Å². The van der Waals surface area contributed by atoms with Gasteiger partial charge in [-0.25, -0.2) is 9.18 Å². The van der Waals surface area contributed by atoms with Gasteiger partial charge >= 0.3 is 6.09 Å². The molecule has 1 heterocycles. The van der Waals surface area contributed by atoms with Crippen LogP contribution >= 0.6 is 0 Å². The third-order valence-corrected chi connectivity index (χ3v) is 4.53. The number of amides is 1. The predicted octanol–water partition coefficient (Wildman–Crippen LogP) is 2.77. The number of nitrogens with one attached hydrogen (secondary N) is 2. The van der Waals surface area contributed by atoms with Crippen molar-refractivity contribution in [3.63, 3.8) is 0 Å². The minimum Gasteiger partial charge on any atom is -0.494 e. The van der Waals surface area contributed by atoms with Crippen LogP contribution in [0.15, 0.2) is 29.3 Å². The van der Waals surface area contributed by atoms with Crippen LogP contribution in [0.3, 0.4) is 0 Å². The van der Waals surface area contributed by atoms with Crippen LogP contribution in [0.5, 0.6) is 5.75 Å². The van der Waals surface area contributed by atoms with Crippen molar-refractivity contribution >= 4 is 12.1 Å². The second-order valence-electron chi connectivity index (χ2n) is 6.61. The molecule has 8 heteroatoms. The summed E-state index contributed by atoms with van der Waals surface area (Å²) in [6.07, 6.45) is 3.32. The molecule has 1 fully saturated rings. The van der Waals surface area contributed by atoms with Crippen molar-refractivity contribution in [2.75, 3.05) is 39.9 Å². The van der Waals surface area contributed by atoms with Crippen LogP contribution in [0, 0.1) is 5.82 Å². The lowest BCUT2D eigenvalue weighted by Crippen LogP contribution is -2.50. The maximum atomic E-state index is 12.8. The molecule has 2 rings (SSSR count). The molecule has 1 aliphatic rings. The Hall–Kier alpha value is -2.51. The zero-order valence-electron chi connectivity index (χ0n) is 16.7. The Balaban J connectivity index is 1.56. The van der Waals surface area contributed by atoms with Crippen LogP contribution in [0.2, 0.25) is 0 Å². The normalized spacial score (nSPS) is 15.2. The van der Waals surface area contributed by atoms with Crippen LogP contribution < -0.4 is 15.4 Å². The number of halogens is 1. The molecule has 1 amide bonds. The molecule has 28 heavy (non-hydrogen) atoms. The standard InChI is InChI=1S/C20H31FN4O3/c1-3-27-20(26)25-13-10-17(11-14-25)24-19(22-2)23-12-4-5-15-28-18-8-6-16(21)7-9-18/h6-9,17H,3-5,10-15H2,1-2H3,(H2,22,23,24). The summed E-state index contributed by atoms with van der Waals surface area (Å²) in [5.41, 5.74) is 0. The van der Waals surface area contributed by atoms with E-state index in [9.17, 15) is 9.18 Å². The Morgan fingerprint density at radius 3 is 2.61 bits per heavy atom. The summed E-state index contributed by atoms with van der Waals surface area (Å²) in [6, 6.07) is 6.34. The van der Waals surface area contributed by atoms with Crippen LogP contribution in [-0.2, 0) is 4.74 Å². The SMILES string of the molecule is CCOC(=O)N1CCC(NC(=NC)NCCCCOc2ccc(F)cc2)CC1. The average Bonchev–Trinajstić information content (AvgIpc) is 2.71. The van der Waals surface area contributed by atoms with E-state index in [0.717, 1.165) is 38.2 Å². The molecule has 0 atom stereocenters. The second kappa shape index (κ2) is 12.0. The van der Waals surface area contributed by atoms with E-state index in [1.54, 1.807) is 24.1 Å². The second-order valence-corrected chi connectivity index (χ2v) is 6.61. The Morgan fingerprint density at radius 1 is 1.25 bits per heavy atom. The Labute approximate surface area is 166 Å². The molecule has 156 valence electrons.